The van der Waals surface area contributed by atoms with E-state index in [4.69, 9.17) is 9.47 Å². The Morgan fingerprint density at radius 1 is 1.26 bits per heavy atom. The molecule has 166 valence electrons. The number of nitrogens with one attached hydrogen (secondary N) is 1. The molecule has 0 bridgehead atoms. The second-order valence-electron chi connectivity index (χ2n) is 8.61. The fraction of sp³-hybridized carbons (Fsp3) is 0.500. The molecule has 0 radical (unpaired) electrons. The van der Waals surface area contributed by atoms with Crippen LogP contribution in [-0.2, 0) is 24.8 Å². The van der Waals surface area contributed by atoms with Crippen molar-refractivity contribution < 1.29 is 9.47 Å². The van der Waals surface area contributed by atoms with Crippen molar-refractivity contribution in [3.63, 3.8) is 0 Å². The van der Waals surface area contributed by atoms with Crippen LogP contribution in [0.1, 0.15) is 54.1 Å². The summed E-state index contributed by atoms with van der Waals surface area (Å²) >= 11 is 0. The predicted octanol–water partition coefficient (Wildman–Crippen LogP) is 3.77. The minimum atomic E-state index is -0.0137. The van der Waals surface area contributed by atoms with Crippen molar-refractivity contribution in [2.75, 3.05) is 26.3 Å². The first-order valence-electron chi connectivity index (χ1n) is 11.1. The highest BCUT2D eigenvalue weighted by molar-refractivity contribution is 5.29. The molecule has 31 heavy (non-hydrogen) atoms. The van der Waals surface area contributed by atoms with Crippen molar-refractivity contribution in [3.8, 4) is 5.75 Å². The molecular formula is C24H33N5O2. The number of aromatic amines is 1. The summed E-state index contributed by atoms with van der Waals surface area (Å²) < 4.78 is 13.8. The normalized spacial score (nSPS) is 17.4. The number of rotatable bonds is 8. The first-order valence-corrected chi connectivity index (χ1v) is 11.1. The molecule has 1 aliphatic rings. The summed E-state index contributed by atoms with van der Waals surface area (Å²) in [7, 11) is 1.98. The lowest BCUT2D eigenvalue weighted by Gasteiger charge is -2.32. The van der Waals surface area contributed by atoms with Gasteiger partial charge in [0.15, 0.2) is 0 Å². The summed E-state index contributed by atoms with van der Waals surface area (Å²) in [6.07, 6.45) is 2.73. The fourth-order valence-electron chi connectivity index (χ4n) is 3.87. The monoisotopic (exact) mass is 423 g/mol. The Morgan fingerprint density at radius 2 is 2.06 bits per heavy atom. The average Bonchev–Trinajstić information content (AvgIpc) is 3.37. The Morgan fingerprint density at radius 3 is 2.77 bits per heavy atom. The van der Waals surface area contributed by atoms with Gasteiger partial charge in [0.05, 0.1) is 25.1 Å². The number of ether oxygens (including phenoxy) is 2. The van der Waals surface area contributed by atoms with Crippen molar-refractivity contribution in [2.45, 2.75) is 45.8 Å². The Bertz CT molecular complexity index is 976. The molecule has 0 amide bonds. The first kappa shape index (κ1) is 21.6. The zero-order chi connectivity index (χ0) is 21.8. The molecule has 0 aliphatic carbocycles. The summed E-state index contributed by atoms with van der Waals surface area (Å²) in [5.74, 6) is 1.44. The maximum atomic E-state index is 6.01. The zero-order valence-electron chi connectivity index (χ0n) is 19.0. The van der Waals surface area contributed by atoms with E-state index in [1.54, 1.807) is 0 Å². The van der Waals surface area contributed by atoms with Crippen LogP contribution in [0.15, 0.2) is 36.5 Å². The lowest BCUT2D eigenvalue weighted by atomic mass is 10.0. The summed E-state index contributed by atoms with van der Waals surface area (Å²) in [5, 5.41) is 12.0. The number of aryl methyl sites for hydroxylation is 1. The second kappa shape index (κ2) is 9.66. The SMILES string of the molecule is Cc1c(CN2CCO[C@H](c3cc(CCOc4ccc(C(C)C)cc4)[nH]n3)C2)cnn1C. The largest absolute Gasteiger partial charge is 0.493 e. The van der Waals surface area contributed by atoms with Crippen molar-refractivity contribution in [3.05, 3.63) is 64.7 Å². The smallest absolute Gasteiger partial charge is 0.119 e. The van der Waals surface area contributed by atoms with Gasteiger partial charge in [-0.3, -0.25) is 14.7 Å². The van der Waals surface area contributed by atoms with Gasteiger partial charge in [0.25, 0.3) is 0 Å². The van der Waals surface area contributed by atoms with Crippen molar-refractivity contribution in [2.24, 2.45) is 7.05 Å². The van der Waals surface area contributed by atoms with Gasteiger partial charge in [-0.2, -0.15) is 10.2 Å². The van der Waals surface area contributed by atoms with Crippen LogP contribution in [0.25, 0.3) is 0 Å². The van der Waals surface area contributed by atoms with Crippen LogP contribution >= 0.6 is 0 Å². The number of benzene rings is 1. The molecular weight excluding hydrogens is 390 g/mol. The van der Waals surface area contributed by atoms with Crippen LogP contribution in [-0.4, -0.2) is 51.2 Å². The maximum absolute atomic E-state index is 6.01. The second-order valence-corrected chi connectivity index (χ2v) is 8.61. The van der Waals surface area contributed by atoms with Gasteiger partial charge < -0.3 is 9.47 Å². The molecule has 7 heteroatoms. The van der Waals surface area contributed by atoms with Gasteiger partial charge in [-0.1, -0.05) is 26.0 Å². The zero-order valence-corrected chi connectivity index (χ0v) is 19.0. The Labute approximate surface area is 184 Å². The third kappa shape index (κ3) is 5.35. The number of aromatic nitrogens is 4. The Kier molecular flexibility index (Phi) is 6.73. The van der Waals surface area contributed by atoms with Crippen LogP contribution in [0.4, 0.5) is 0 Å². The van der Waals surface area contributed by atoms with E-state index in [0.29, 0.717) is 19.1 Å². The predicted molar refractivity (Wildman–Crippen MR) is 120 cm³/mol. The molecule has 2 aromatic heterocycles. The lowest BCUT2D eigenvalue weighted by Crippen LogP contribution is -2.38. The molecule has 4 rings (SSSR count). The molecule has 3 aromatic rings. The third-order valence-electron chi connectivity index (χ3n) is 6.05. The molecule has 1 aliphatic heterocycles. The van der Waals surface area contributed by atoms with Crippen molar-refractivity contribution >= 4 is 0 Å². The van der Waals surface area contributed by atoms with Gasteiger partial charge in [0.2, 0.25) is 0 Å². The Hall–Kier alpha value is -2.64. The van der Waals surface area contributed by atoms with Gasteiger partial charge in [-0.15, -0.1) is 0 Å². The molecule has 0 saturated carbocycles. The summed E-state index contributed by atoms with van der Waals surface area (Å²) in [6, 6.07) is 10.5. The number of morpholine rings is 1. The maximum Gasteiger partial charge on any atom is 0.119 e. The van der Waals surface area contributed by atoms with E-state index in [1.807, 2.05) is 30.1 Å². The molecule has 1 saturated heterocycles. The number of nitrogens with zero attached hydrogens (tertiary/aromatic N) is 4. The van der Waals surface area contributed by atoms with E-state index < -0.39 is 0 Å². The molecule has 3 heterocycles. The van der Waals surface area contributed by atoms with Crippen molar-refractivity contribution in [1.82, 2.24) is 24.9 Å². The molecule has 7 nitrogen and oxygen atoms in total. The molecule has 1 aromatic carbocycles. The molecule has 1 N–H and O–H groups in total. The lowest BCUT2D eigenvalue weighted by molar-refractivity contribution is -0.0350. The summed E-state index contributed by atoms with van der Waals surface area (Å²) in [4.78, 5) is 2.41. The highest BCUT2D eigenvalue weighted by Crippen LogP contribution is 2.23. The summed E-state index contributed by atoms with van der Waals surface area (Å²) in [6.45, 7) is 10.5. The van der Waals surface area contributed by atoms with E-state index in [2.05, 4.69) is 59.2 Å². The summed E-state index contributed by atoms with van der Waals surface area (Å²) in [5.41, 5.74) is 5.83. The highest BCUT2D eigenvalue weighted by atomic mass is 16.5. The van der Waals surface area contributed by atoms with Crippen LogP contribution in [0.5, 0.6) is 5.75 Å². The van der Waals surface area contributed by atoms with Gasteiger partial charge in [-0.25, -0.2) is 0 Å². The van der Waals surface area contributed by atoms with E-state index in [0.717, 1.165) is 43.2 Å². The minimum Gasteiger partial charge on any atom is -0.493 e. The fourth-order valence-corrected chi connectivity index (χ4v) is 3.87. The van der Waals surface area contributed by atoms with Gasteiger partial charge >= 0.3 is 0 Å². The van der Waals surface area contributed by atoms with Crippen LogP contribution in [0.3, 0.4) is 0 Å². The standard InChI is InChI=1S/C24H33N5O2/c1-17(2)19-5-7-22(8-6-19)30-11-9-21-13-23(27-26-21)24-16-29(10-12-31-24)15-20-14-25-28(4)18(20)3/h5-8,13-14,17,24H,9-12,15-16H2,1-4H3,(H,26,27)/t24-/m0/s1. The van der Waals surface area contributed by atoms with Gasteiger partial charge in [0, 0.05) is 50.1 Å². The third-order valence-corrected chi connectivity index (χ3v) is 6.05. The molecule has 1 atom stereocenters. The topological polar surface area (TPSA) is 68.2 Å². The van der Waals surface area contributed by atoms with E-state index in [1.165, 1.54) is 16.8 Å². The molecule has 0 spiro atoms. The Balaban J connectivity index is 1.28. The van der Waals surface area contributed by atoms with E-state index >= 15 is 0 Å². The molecule has 0 unspecified atom stereocenters. The molecule has 1 fully saturated rings. The average molecular weight is 424 g/mol. The van der Waals surface area contributed by atoms with Crippen LogP contribution < -0.4 is 4.74 Å². The number of hydrogen-bond acceptors (Lipinski definition) is 5. The van der Waals surface area contributed by atoms with Gasteiger partial charge in [-0.05, 0) is 36.6 Å². The van der Waals surface area contributed by atoms with Crippen molar-refractivity contribution in [1.29, 1.82) is 0 Å². The number of hydrogen-bond donors (Lipinski definition) is 1. The number of H-pyrrole nitrogens is 1. The quantitative estimate of drug-likeness (QED) is 0.597. The van der Waals surface area contributed by atoms with Crippen LogP contribution in [0, 0.1) is 6.92 Å². The van der Waals surface area contributed by atoms with E-state index in [-0.39, 0.29) is 6.10 Å². The highest BCUT2D eigenvalue weighted by Gasteiger charge is 2.25. The van der Waals surface area contributed by atoms with Crippen LogP contribution in [0.2, 0.25) is 0 Å². The minimum absolute atomic E-state index is 0.0137. The van der Waals surface area contributed by atoms with E-state index in [9.17, 15) is 0 Å². The first-order chi connectivity index (χ1) is 15.0. The van der Waals surface area contributed by atoms with Gasteiger partial charge in [0.1, 0.15) is 11.9 Å².